The van der Waals surface area contributed by atoms with Gasteiger partial charge >= 0.3 is 6.09 Å². The topological polar surface area (TPSA) is 112 Å². The summed E-state index contributed by atoms with van der Waals surface area (Å²) in [5.41, 5.74) is 1.86. The Kier molecular flexibility index (Phi) is 6.29. The molecule has 0 radical (unpaired) electrons. The molecule has 5 atom stereocenters. The van der Waals surface area contributed by atoms with Gasteiger partial charge in [0, 0.05) is 13.0 Å². The van der Waals surface area contributed by atoms with E-state index in [0.717, 1.165) is 16.4 Å². The summed E-state index contributed by atoms with van der Waals surface area (Å²) in [7, 11) is 1.41. The number of rotatable bonds is 5. The monoisotopic (exact) mass is 433 g/mol. The Labute approximate surface area is 182 Å². The van der Waals surface area contributed by atoms with Crippen molar-refractivity contribution < 1.29 is 28.6 Å². The van der Waals surface area contributed by atoms with E-state index in [9.17, 15) is 19.5 Å². The first-order chi connectivity index (χ1) is 14.4. The SMILES string of the molecule is Cc1ccc(C(C)CC(O)C2C=CC3C(=O)N(C)C(=O)C3N2NC(=O)OC(C)(C)C)o1. The third-order valence-electron chi connectivity index (χ3n) is 5.53. The Morgan fingerprint density at radius 3 is 2.52 bits per heavy atom. The largest absolute Gasteiger partial charge is 0.466 e. The average Bonchev–Trinajstić information content (AvgIpc) is 3.18. The van der Waals surface area contributed by atoms with Gasteiger partial charge in [0.2, 0.25) is 11.8 Å². The van der Waals surface area contributed by atoms with Crippen molar-refractivity contribution in [2.75, 3.05) is 7.05 Å². The molecule has 1 saturated heterocycles. The number of aliphatic hydroxyl groups excluding tert-OH is 1. The average molecular weight is 434 g/mol. The zero-order chi connectivity index (χ0) is 23.1. The van der Waals surface area contributed by atoms with Crippen molar-refractivity contribution in [2.45, 2.75) is 70.7 Å². The Morgan fingerprint density at radius 2 is 1.94 bits per heavy atom. The number of fused-ring (bicyclic) bond motifs is 1. The van der Waals surface area contributed by atoms with Crippen molar-refractivity contribution in [2.24, 2.45) is 5.92 Å². The number of aryl methyl sites for hydroxylation is 1. The second-order valence-electron chi connectivity index (χ2n) is 9.26. The maximum Gasteiger partial charge on any atom is 0.422 e. The highest BCUT2D eigenvalue weighted by molar-refractivity contribution is 6.08. The molecule has 170 valence electrons. The molecule has 31 heavy (non-hydrogen) atoms. The van der Waals surface area contributed by atoms with Crippen molar-refractivity contribution in [3.63, 3.8) is 0 Å². The normalized spacial score (nSPS) is 26.0. The number of hydrazine groups is 1. The van der Waals surface area contributed by atoms with Gasteiger partial charge in [-0.25, -0.2) is 4.79 Å². The van der Waals surface area contributed by atoms with Crippen LogP contribution in [0.25, 0.3) is 0 Å². The lowest BCUT2D eigenvalue weighted by molar-refractivity contribution is -0.139. The minimum absolute atomic E-state index is 0.0956. The number of nitrogens with one attached hydrogen (secondary N) is 1. The molecule has 1 aromatic rings. The van der Waals surface area contributed by atoms with E-state index in [1.807, 2.05) is 26.0 Å². The van der Waals surface area contributed by atoms with Gasteiger partial charge in [-0.1, -0.05) is 19.1 Å². The zero-order valence-electron chi connectivity index (χ0n) is 18.8. The van der Waals surface area contributed by atoms with Crippen molar-refractivity contribution in [1.29, 1.82) is 0 Å². The first-order valence-corrected chi connectivity index (χ1v) is 10.4. The van der Waals surface area contributed by atoms with E-state index in [2.05, 4.69) is 5.43 Å². The maximum atomic E-state index is 12.8. The third-order valence-corrected chi connectivity index (χ3v) is 5.53. The fourth-order valence-electron chi connectivity index (χ4n) is 4.01. The predicted octanol–water partition coefficient (Wildman–Crippen LogP) is 2.11. The van der Waals surface area contributed by atoms with E-state index in [0.29, 0.717) is 6.42 Å². The van der Waals surface area contributed by atoms with Gasteiger partial charge in [0.05, 0.1) is 18.1 Å². The van der Waals surface area contributed by atoms with Crippen molar-refractivity contribution in [3.05, 3.63) is 35.8 Å². The molecular weight excluding hydrogens is 402 g/mol. The van der Waals surface area contributed by atoms with Crippen LogP contribution >= 0.6 is 0 Å². The molecule has 3 rings (SSSR count). The first kappa shape index (κ1) is 23.0. The Bertz CT molecular complexity index is 886. The molecule has 0 bridgehead atoms. The number of carbonyl (C=O) groups excluding carboxylic acids is 3. The minimum Gasteiger partial charge on any atom is -0.466 e. The van der Waals surface area contributed by atoms with Gasteiger partial charge in [-0.2, -0.15) is 5.01 Å². The van der Waals surface area contributed by atoms with Gasteiger partial charge in [-0.3, -0.25) is 19.9 Å². The third kappa shape index (κ3) is 4.83. The molecule has 2 N–H and O–H groups in total. The lowest BCUT2D eigenvalue weighted by Crippen LogP contribution is -2.62. The summed E-state index contributed by atoms with van der Waals surface area (Å²) in [6.07, 6.45) is 1.92. The summed E-state index contributed by atoms with van der Waals surface area (Å²) >= 11 is 0. The molecule has 3 amide bonds. The van der Waals surface area contributed by atoms with Crippen LogP contribution in [-0.4, -0.2) is 63.8 Å². The summed E-state index contributed by atoms with van der Waals surface area (Å²) in [6.45, 7) is 8.96. The van der Waals surface area contributed by atoms with Gasteiger partial charge in [-0.15, -0.1) is 0 Å². The number of hydrogen-bond donors (Lipinski definition) is 2. The van der Waals surface area contributed by atoms with Crippen LogP contribution in [0.2, 0.25) is 0 Å². The lowest BCUT2D eigenvalue weighted by Gasteiger charge is -2.40. The smallest absolute Gasteiger partial charge is 0.422 e. The summed E-state index contributed by atoms with van der Waals surface area (Å²) in [4.78, 5) is 38.8. The number of aliphatic hydroxyl groups is 1. The Balaban J connectivity index is 1.84. The summed E-state index contributed by atoms with van der Waals surface area (Å²) < 4.78 is 11.0. The van der Waals surface area contributed by atoms with Gasteiger partial charge in [0.15, 0.2) is 0 Å². The number of imide groups is 1. The molecule has 0 saturated carbocycles. The van der Waals surface area contributed by atoms with Gasteiger partial charge in [-0.05, 0) is 46.2 Å². The van der Waals surface area contributed by atoms with Gasteiger partial charge < -0.3 is 14.3 Å². The number of amides is 3. The van der Waals surface area contributed by atoms with Crippen molar-refractivity contribution >= 4 is 17.9 Å². The molecular formula is C22H31N3O6. The van der Waals surface area contributed by atoms with Crippen LogP contribution in [0.4, 0.5) is 4.79 Å². The van der Waals surface area contributed by atoms with E-state index < -0.39 is 41.7 Å². The highest BCUT2D eigenvalue weighted by Crippen LogP contribution is 2.33. The molecule has 3 heterocycles. The number of likely N-dealkylation sites (N-methyl/N-ethyl adjacent to an activating group) is 1. The van der Waals surface area contributed by atoms with Crippen LogP contribution in [0.3, 0.4) is 0 Å². The van der Waals surface area contributed by atoms with Crippen molar-refractivity contribution in [3.8, 4) is 0 Å². The van der Waals surface area contributed by atoms with E-state index >= 15 is 0 Å². The summed E-state index contributed by atoms with van der Waals surface area (Å²) in [6, 6.07) is 2.05. The van der Waals surface area contributed by atoms with Crippen LogP contribution in [0.1, 0.15) is 51.6 Å². The Morgan fingerprint density at radius 1 is 1.26 bits per heavy atom. The molecule has 2 aliphatic heterocycles. The number of ether oxygens (including phenoxy) is 1. The number of hydrogen-bond acceptors (Lipinski definition) is 7. The van der Waals surface area contributed by atoms with Gasteiger partial charge in [0.25, 0.3) is 0 Å². The van der Waals surface area contributed by atoms with E-state index in [4.69, 9.17) is 9.15 Å². The molecule has 5 unspecified atom stereocenters. The quantitative estimate of drug-likeness (QED) is 0.540. The second kappa shape index (κ2) is 8.47. The molecule has 1 aromatic heterocycles. The number of likely N-dealkylation sites (tertiary alicyclic amines) is 1. The molecule has 0 aromatic carbocycles. The van der Waals surface area contributed by atoms with Crippen molar-refractivity contribution in [1.82, 2.24) is 15.3 Å². The molecule has 9 nitrogen and oxygen atoms in total. The molecule has 2 aliphatic rings. The van der Waals surface area contributed by atoms with E-state index in [-0.39, 0.29) is 11.8 Å². The van der Waals surface area contributed by atoms with Crippen LogP contribution in [0.5, 0.6) is 0 Å². The predicted molar refractivity (Wildman–Crippen MR) is 112 cm³/mol. The first-order valence-electron chi connectivity index (χ1n) is 10.4. The standard InChI is InChI=1S/C22H31N3O6/c1-12(17-10-7-13(2)30-17)11-16(26)15-9-8-14-18(20(28)24(6)19(14)27)25(15)23-21(29)31-22(3,4)5/h7-10,12,14-16,18,26H,11H2,1-6H3,(H,23,29). The number of carbonyl (C=O) groups is 3. The van der Waals surface area contributed by atoms with Crippen LogP contribution < -0.4 is 5.43 Å². The van der Waals surface area contributed by atoms with Crippen LogP contribution in [0, 0.1) is 12.8 Å². The van der Waals surface area contributed by atoms with Crippen LogP contribution in [0.15, 0.2) is 28.7 Å². The molecule has 1 fully saturated rings. The highest BCUT2D eigenvalue weighted by atomic mass is 16.6. The Hall–Kier alpha value is -2.65. The second-order valence-corrected chi connectivity index (χ2v) is 9.26. The molecule has 0 spiro atoms. The molecule has 0 aliphatic carbocycles. The maximum absolute atomic E-state index is 12.8. The van der Waals surface area contributed by atoms with Crippen LogP contribution in [-0.2, 0) is 14.3 Å². The van der Waals surface area contributed by atoms with Gasteiger partial charge in [0.1, 0.15) is 23.2 Å². The zero-order valence-corrected chi connectivity index (χ0v) is 18.8. The summed E-state index contributed by atoms with van der Waals surface area (Å²) in [5, 5.41) is 12.4. The highest BCUT2D eigenvalue weighted by Gasteiger charge is 2.52. The number of furan rings is 1. The summed E-state index contributed by atoms with van der Waals surface area (Å²) in [5.74, 6) is -0.101. The lowest BCUT2D eigenvalue weighted by atomic mass is 9.89. The fourth-order valence-corrected chi connectivity index (χ4v) is 4.01. The molecule has 9 heteroatoms. The van der Waals surface area contributed by atoms with E-state index in [1.54, 1.807) is 32.9 Å². The van der Waals surface area contributed by atoms with E-state index in [1.165, 1.54) is 12.1 Å². The number of nitrogens with zero attached hydrogens (tertiary/aromatic N) is 2. The minimum atomic E-state index is -0.948. The fraction of sp³-hybridized carbons (Fsp3) is 0.591.